The third-order valence-corrected chi connectivity index (χ3v) is 3.46. The molecule has 1 N–H and O–H groups in total. The lowest BCUT2D eigenvalue weighted by Crippen LogP contribution is -2.40. The van der Waals surface area contributed by atoms with Crippen LogP contribution < -0.4 is 0 Å². The van der Waals surface area contributed by atoms with Crippen LogP contribution in [0.5, 0.6) is 0 Å². The number of nitrogens with zero attached hydrogens (tertiary/aromatic N) is 1. The number of aliphatic carboxylic acids is 1. The predicted octanol–water partition coefficient (Wildman–Crippen LogP) is 2.25. The molecule has 0 unspecified atom stereocenters. The lowest BCUT2D eigenvalue weighted by Gasteiger charge is -2.24. The minimum absolute atomic E-state index is 0.120. The molecule has 1 amide bonds. The molecule has 0 aromatic carbocycles. The van der Waals surface area contributed by atoms with Crippen LogP contribution in [0.2, 0.25) is 0 Å². The molecule has 1 rings (SSSR count). The molecule has 0 spiro atoms. The van der Waals surface area contributed by atoms with Crippen molar-refractivity contribution in [1.82, 2.24) is 4.90 Å². The van der Waals surface area contributed by atoms with Gasteiger partial charge in [-0.1, -0.05) is 6.92 Å². The van der Waals surface area contributed by atoms with Crippen molar-refractivity contribution >= 4 is 23.2 Å². The number of carbonyl (C=O) groups excluding carboxylic acids is 1. The van der Waals surface area contributed by atoms with Gasteiger partial charge in [0.1, 0.15) is 6.54 Å². The highest BCUT2D eigenvalue weighted by Crippen LogP contribution is 2.20. The Kier molecular flexibility index (Phi) is 4.69. The summed E-state index contributed by atoms with van der Waals surface area (Å²) < 4.78 is 0. The zero-order chi connectivity index (χ0) is 13.0. The summed E-state index contributed by atoms with van der Waals surface area (Å²) >= 11 is 1.37. The van der Waals surface area contributed by atoms with Crippen molar-refractivity contribution < 1.29 is 14.7 Å². The average molecular weight is 255 g/mol. The van der Waals surface area contributed by atoms with Crippen molar-refractivity contribution in [2.24, 2.45) is 0 Å². The first-order valence-electron chi connectivity index (χ1n) is 5.56. The maximum Gasteiger partial charge on any atom is 0.323 e. The van der Waals surface area contributed by atoms with E-state index in [0.717, 1.165) is 12.0 Å². The summed E-state index contributed by atoms with van der Waals surface area (Å²) in [5.74, 6) is -1.17. The molecule has 1 aromatic heterocycles. The Balaban J connectivity index is 2.95. The Bertz CT molecular complexity index is 412. The number of carboxylic acids is 1. The van der Waals surface area contributed by atoms with Gasteiger partial charge in [0.05, 0.1) is 4.88 Å². The van der Waals surface area contributed by atoms with E-state index in [1.54, 1.807) is 0 Å². The first kappa shape index (κ1) is 13.7. The van der Waals surface area contributed by atoms with Gasteiger partial charge >= 0.3 is 5.97 Å². The van der Waals surface area contributed by atoms with Gasteiger partial charge in [-0.3, -0.25) is 9.59 Å². The third-order valence-electron chi connectivity index (χ3n) is 2.51. The molecule has 4 nitrogen and oxygen atoms in total. The first-order valence-corrected chi connectivity index (χ1v) is 6.44. The van der Waals surface area contributed by atoms with E-state index in [4.69, 9.17) is 5.11 Å². The number of aryl methyl sites for hydroxylation is 1. The number of carbonyl (C=O) groups is 2. The van der Waals surface area contributed by atoms with E-state index < -0.39 is 5.97 Å². The van der Waals surface area contributed by atoms with Gasteiger partial charge in [0.2, 0.25) is 0 Å². The maximum atomic E-state index is 12.2. The van der Waals surface area contributed by atoms with Crippen LogP contribution in [0, 0.1) is 0 Å². The van der Waals surface area contributed by atoms with Crippen molar-refractivity contribution in [3.63, 3.8) is 0 Å². The zero-order valence-corrected chi connectivity index (χ0v) is 11.1. The van der Waals surface area contributed by atoms with Gasteiger partial charge < -0.3 is 10.0 Å². The second-order valence-electron chi connectivity index (χ2n) is 4.05. The smallest absolute Gasteiger partial charge is 0.323 e. The van der Waals surface area contributed by atoms with Gasteiger partial charge in [-0.2, -0.15) is 0 Å². The lowest BCUT2D eigenvalue weighted by atomic mass is 10.2. The van der Waals surface area contributed by atoms with E-state index >= 15 is 0 Å². The minimum atomic E-state index is -0.985. The third kappa shape index (κ3) is 3.30. The molecule has 0 radical (unpaired) electrons. The molecule has 17 heavy (non-hydrogen) atoms. The summed E-state index contributed by atoms with van der Waals surface area (Å²) in [5.41, 5.74) is 0.982. The Morgan fingerprint density at radius 2 is 2.12 bits per heavy atom. The molecule has 0 aliphatic carbocycles. The van der Waals surface area contributed by atoms with Gasteiger partial charge in [0.25, 0.3) is 5.91 Å². The number of hydrogen-bond acceptors (Lipinski definition) is 3. The molecule has 94 valence electrons. The molecule has 0 atom stereocenters. The second kappa shape index (κ2) is 5.82. The van der Waals surface area contributed by atoms with Crippen molar-refractivity contribution in [3.8, 4) is 0 Å². The van der Waals surface area contributed by atoms with Crippen molar-refractivity contribution in [2.45, 2.75) is 33.2 Å². The summed E-state index contributed by atoms with van der Waals surface area (Å²) in [6.45, 7) is 5.37. The van der Waals surface area contributed by atoms with Crippen LogP contribution in [0.4, 0.5) is 0 Å². The standard InChI is InChI=1S/C12H17NO3S/c1-4-9-5-6-17-11(9)12(16)13(8(2)3)7-10(14)15/h5-6,8H,4,7H2,1-3H3,(H,14,15). The van der Waals surface area contributed by atoms with Crippen LogP contribution in [0.25, 0.3) is 0 Å². The number of thiophene rings is 1. The fraction of sp³-hybridized carbons (Fsp3) is 0.500. The SMILES string of the molecule is CCc1ccsc1C(=O)N(CC(=O)O)C(C)C. The topological polar surface area (TPSA) is 57.6 Å². The molecule has 5 heteroatoms. The fourth-order valence-electron chi connectivity index (χ4n) is 1.57. The zero-order valence-electron chi connectivity index (χ0n) is 10.3. The molecule has 0 bridgehead atoms. The molecule has 1 aromatic rings. The Morgan fingerprint density at radius 3 is 2.59 bits per heavy atom. The van der Waals surface area contributed by atoms with Crippen LogP contribution in [0.15, 0.2) is 11.4 Å². The minimum Gasteiger partial charge on any atom is -0.480 e. The van der Waals surface area contributed by atoms with Gasteiger partial charge in [0.15, 0.2) is 0 Å². The highest BCUT2D eigenvalue weighted by molar-refractivity contribution is 7.12. The van der Waals surface area contributed by atoms with Crippen LogP contribution in [-0.4, -0.2) is 34.5 Å². The van der Waals surface area contributed by atoms with E-state index in [-0.39, 0.29) is 18.5 Å². The number of hydrogen-bond donors (Lipinski definition) is 1. The largest absolute Gasteiger partial charge is 0.480 e. The molecule has 0 saturated carbocycles. The molecule has 0 aliphatic heterocycles. The van der Waals surface area contributed by atoms with Gasteiger partial charge in [0, 0.05) is 6.04 Å². The van der Waals surface area contributed by atoms with Gasteiger partial charge in [-0.05, 0) is 37.3 Å². The molecule has 0 fully saturated rings. The van der Waals surface area contributed by atoms with Gasteiger partial charge in [-0.15, -0.1) is 11.3 Å². The van der Waals surface area contributed by atoms with E-state index in [9.17, 15) is 9.59 Å². The monoisotopic (exact) mass is 255 g/mol. The van der Waals surface area contributed by atoms with Crippen LogP contribution in [0.3, 0.4) is 0 Å². The van der Waals surface area contributed by atoms with Crippen LogP contribution in [-0.2, 0) is 11.2 Å². The van der Waals surface area contributed by atoms with Crippen molar-refractivity contribution in [3.05, 3.63) is 21.9 Å². The Morgan fingerprint density at radius 1 is 1.47 bits per heavy atom. The lowest BCUT2D eigenvalue weighted by molar-refractivity contribution is -0.138. The van der Waals surface area contributed by atoms with Crippen LogP contribution in [0.1, 0.15) is 36.0 Å². The maximum absolute atomic E-state index is 12.2. The van der Waals surface area contributed by atoms with Gasteiger partial charge in [-0.25, -0.2) is 0 Å². The average Bonchev–Trinajstić information content (AvgIpc) is 2.72. The van der Waals surface area contributed by atoms with E-state index in [2.05, 4.69) is 0 Å². The number of amides is 1. The summed E-state index contributed by atoms with van der Waals surface area (Å²) in [5, 5.41) is 10.7. The Hall–Kier alpha value is -1.36. The van der Waals surface area contributed by atoms with Crippen molar-refractivity contribution in [1.29, 1.82) is 0 Å². The molecule has 0 aliphatic rings. The molecular formula is C12H17NO3S. The molecular weight excluding hydrogens is 238 g/mol. The molecule has 0 saturated heterocycles. The highest BCUT2D eigenvalue weighted by Gasteiger charge is 2.23. The summed E-state index contributed by atoms with van der Waals surface area (Å²) in [6, 6.07) is 1.79. The Labute approximate surface area is 105 Å². The molecule has 1 heterocycles. The quantitative estimate of drug-likeness (QED) is 0.878. The summed E-state index contributed by atoms with van der Waals surface area (Å²) in [4.78, 5) is 25.0. The van der Waals surface area contributed by atoms with E-state index in [1.807, 2.05) is 32.2 Å². The van der Waals surface area contributed by atoms with E-state index in [0.29, 0.717) is 4.88 Å². The van der Waals surface area contributed by atoms with Crippen LogP contribution >= 0.6 is 11.3 Å². The van der Waals surface area contributed by atoms with Crippen molar-refractivity contribution in [2.75, 3.05) is 6.54 Å². The predicted molar refractivity (Wildman–Crippen MR) is 67.5 cm³/mol. The number of rotatable bonds is 5. The summed E-state index contributed by atoms with van der Waals surface area (Å²) in [6.07, 6.45) is 0.781. The van der Waals surface area contributed by atoms with E-state index in [1.165, 1.54) is 16.2 Å². The summed E-state index contributed by atoms with van der Waals surface area (Å²) in [7, 11) is 0. The first-order chi connectivity index (χ1) is 7.97. The number of carboxylic acid groups (broad SMARTS) is 1. The second-order valence-corrected chi connectivity index (χ2v) is 4.97. The normalized spacial score (nSPS) is 10.6. The highest BCUT2D eigenvalue weighted by atomic mass is 32.1. The fourth-order valence-corrected chi connectivity index (χ4v) is 2.52.